The maximum absolute atomic E-state index is 13.1. The Balaban J connectivity index is 1.62. The Bertz CT molecular complexity index is 824. The van der Waals surface area contributed by atoms with Crippen LogP contribution in [0, 0.1) is 11.3 Å². The molecule has 0 radical (unpaired) electrons. The maximum Gasteiger partial charge on any atom is 0.264 e. The molecule has 1 atom stereocenters. The molecule has 0 aliphatic carbocycles. The van der Waals surface area contributed by atoms with Crippen LogP contribution in [0.1, 0.15) is 23.0 Å². The van der Waals surface area contributed by atoms with Crippen LogP contribution < -0.4 is 4.90 Å². The normalized spacial score (nSPS) is 15.6. The van der Waals surface area contributed by atoms with E-state index in [0.717, 1.165) is 10.6 Å². The van der Waals surface area contributed by atoms with Gasteiger partial charge in [0.2, 0.25) is 5.91 Å². The lowest BCUT2D eigenvalue weighted by Gasteiger charge is -2.38. The summed E-state index contributed by atoms with van der Waals surface area (Å²) in [5, 5.41) is 10.9. The molecule has 6 nitrogen and oxygen atoms in total. The van der Waals surface area contributed by atoms with Crippen LogP contribution in [0.15, 0.2) is 47.8 Å². The quantitative estimate of drug-likeness (QED) is 0.753. The number of hydrogen-bond acceptors (Lipinski definition) is 5. The van der Waals surface area contributed by atoms with E-state index in [1.807, 2.05) is 59.7 Å². The molecule has 146 valence electrons. The Morgan fingerprint density at radius 1 is 1.14 bits per heavy atom. The SMILES string of the molecule is CC(C(=O)N(CCC#N)c1ccccc1)N1CCN(C(=O)c2cccs2)CC1. The van der Waals surface area contributed by atoms with Crippen molar-refractivity contribution in [1.82, 2.24) is 9.80 Å². The monoisotopic (exact) mass is 396 g/mol. The van der Waals surface area contributed by atoms with E-state index >= 15 is 0 Å². The predicted molar refractivity (Wildman–Crippen MR) is 110 cm³/mol. The van der Waals surface area contributed by atoms with Gasteiger partial charge in [-0.05, 0) is 30.5 Å². The Morgan fingerprint density at radius 2 is 1.86 bits per heavy atom. The van der Waals surface area contributed by atoms with Gasteiger partial charge >= 0.3 is 0 Å². The largest absolute Gasteiger partial charge is 0.335 e. The molecule has 7 heteroatoms. The molecule has 0 bridgehead atoms. The number of rotatable bonds is 6. The summed E-state index contributed by atoms with van der Waals surface area (Å²) in [6.07, 6.45) is 0.288. The van der Waals surface area contributed by atoms with Crippen LogP contribution in [-0.2, 0) is 4.79 Å². The zero-order valence-corrected chi connectivity index (χ0v) is 16.8. The minimum absolute atomic E-state index is 0.0144. The van der Waals surface area contributed by atoms with Crippen molar-refractivity contribution in [3.8, 4) is 6.07 Å². The molecule has 1 aliphatic rings. The first kappa shape index (κ1) is 20.1. The van der Waals surface area contributed by atoms with Gasteiger partial charge in [0.15, 0.2) is 0 Å². The highest BCUT2D eigenvalue weighted by Gasteiger charge is 2.30. The Kier molecular flexibility index (Phi) is 6.80. The number of piperazine rings is 1. The fourth-order valence-electron chi connectivity index (χ4n) is 3.39. The summed E-state index contributed by atoms with van der Waals surface area (Å²) in [5.74, 6) is 0.0491. The van der Waals surface area contributed by atoms with Crippen LogP contribution in [0.5, 0.6) is 0 Å². The van der Waals surface area contributed by atoms with Gasteiger partial charge in [-0.15, -0.1) is 11.3 Å². The van der Waals surface area contributed by atoms with E-state index in [1.165, 1.54) is 11.3 Å². The van der Waals surface area contributed by atoms with E-state index in [1.54, 1.807) is 4.90 Å². The van der Waals surface area contributed by atoms with Crippen LogP contribution in [0.4, 0.5) is 5.69 Å². The topological polar surface area (TPSA) is 67.7 Å². The van der Waals surface area contributed by atoms with Gasteiger partial charge in [0, 0.05) is 38.4 Å². The van der Waals surface area contributed by atoms with Gasteiger partial charge in [-0.2, -0.15) is 5.26 Å². The molecule has 1 aliphatic heterocycles. The number of hydrogen-bond donors (Lipinski definition) is 0. The molecule has 2 amide bonds. The standard InChI is InChI=1S/C21H24N4O2S/c1-17(20(26)25(11-6-10-22)18-7-3-2-4-8-18)23-12-14-24(15-13-23)21(27)19-9-5-16-28-19/h2-5,7-9,16-17H,6,11-15H2,1H3. The molecule has 0 N–H and O–H groups in total. The lowest BCUT2D eigenvalue weighted by atomic mass is 10.1. The van der Waals surface area contributed by atoms with E-state index in [-0.39, 0.29) is 24.3 Å². The van der Waals surface area contributed by atoms with Gasteiger partial charge in [-0.1, -0.05) is 24.3 Å². The summed E-state index contributed by atoms with van der Waals surface area (Å²) in [7, 11) is 0. The van der Waals surface area contributed by atoms with Crippen LogP contribution in [0.25, 0.3) is 0 Å². The number of thiophene rings is 1. The molecular formula is C21H24N4O2S. The molecule has 3 rings (SSSR count). The number of amides is 2. The third-order valence-corrected chi connectivity index (χ3v) is 5.88. The van der Waals surface area contributed by atoms with Gasteiger partial charge < -0.3 is 9.80 Å². The fraction of sp³-hybridized carbons (Fsp3) is 0.381. The first-order valence-corrected chi connectivity index (χ1v) is 10.3. The number of para-hydroxylation sites is 1. The third kappa shape index (κ3) is 4.58. The molecule has 2 heterocycles. The average Bonchev–Trinajstić information content (AvgIpc) is 3.28. The average molecular weight is 397 g/mol. The van der Waals surface area contributed by atoms with Gasteiger partial charge in [0.1, 0.15) is 0 Å². The van der Waals surface area contributed by atoms with Crippen molar-refractivity contribution >= 4 is 28.8 Å². The van der Waals surface area contributed by atoms with E-state index in [2.05, 4.69) is 11.0 Å². The predicted octanol–water partition coefficient (Wildman–Crippen LogP) is 2.84. The molecule has 1 saturated heterocycles. The first-order chi connectivity index (χ1) is 13.6. The zero-order valence-electron chi connectivity index (χ0n) is 16.0. The lowest BCUT2D eigenvalue weighted by Crippen LogP contribution is -2.55. The van der Waals surface area contributed by atoms with Crippen LogP contribution >= 0.6 is 11.3 Å². The van der Waals surface area contributed by atoms with Crippen LogP contribution in [0.2, 0.25) is 0 Å². The van der Waals surface area contributed by atoms with Gasteiger partial charge in [-0.3, -0.25) is 14.5 Å². The number of carbonyl (C=O) groups is 2. The summed E-state index contributed by atoms with van der Waals surface area (Å²) in [6.45, 7) is 4.81. The fourth-order valence-corrected chi connectivity index (χ4v) is 4.08. The van der Waals surface area contributed by atoms with E-state index in [9.17, 15) is 9.59 Å². The van der Waals surface area contributed by atoms with E-state index < -0.39 is 0 Å². The van der Waals surface area contributed by atoms with Gasteiger partial charge in [0.25, 0.3) is 5.91 Å². The highest BCUT2D eigenvalue weighted by molar-refractivity contribution is 7.12. The molecular weight excluding hydrogens is 372 g/mol. The minimum atomic E-state index is -0.308. The first-order valence-electron chi connectivity index (χ1n) is 9.42. The Hall–Kier alpha value is -2.69. The number of anilines is 1. The number of nitriles is 1. The molecule has 2 aromatic rings. The summed E-state index contributed by atoms with van der Waals surface area (Å²) >= 11 is 1.45. The molecule has 1 unspecified atom stereocenters. The third-order valence-electron chi connectivity index (χ3n) is 5.02. The molecule has 28 heavy (non-hydrogen) atoms. The Morgan fingerprint density at radius 3 is 2.46 bits per heavy atom. The summed E-state index contributed by atoms with van der Waals surface area (Å²) in [5.41, 5.74) is 0.807. The van der Waals surface area contributed by atoms with Crippen molar-refractivity contribution in [2.75, 3.05) is 37.6 Å². The van der Waals surface area contributed by atoms with Crippen molar-refractivity contribution in [2.24, 2.45) is 0 Å². The van der Waals surface area contributed by atoms with Crippen molar-refractivity contribution < 1.29 is 9.59 Å². The summed E-state index contributed by atoms with van der Waals surface area (Å²) < 4.78 is 0. The van der Waals surface area contributed by atoms with Crippen molar-refractivity contribution in [1.29, 1.82) is 5.26 Å². The highest BCUT2D eigenvalue weighted by Crippen LogP contribution is 2.19. The van der Waals surface area contributed by atoms with Crippen LogP contribution in [-0.4, -0.2) is 60.4 Å². The second-order valence-corrected chi connectivity index (χ2v) is 7.66. The number of carbonyl (C=O) groups excluding carboxylic acids is 2. The van der Waals surface area contributed by atoms with E-state index in [0.29, 0.717) is 32.7 Å². The maximum atomic E-state index is 13.1. The van der Waals surface area contributed by atoms with Crippen LogP contribution in [0.3, 0.4) is 0 Å². The van der Waals surface area contributed by atoms with Crippen molar-refractivity contribution in [2.45, 2.75) is 19.4 Å². The molecule has 0 spiro atoms. The molecule has 0 saturated carbocycles. The minimum Gasteiger partial charge on any atom is -0.335 e. The van der Waals surface area contributed by atoms with Crippen molar-refractivity contribution in [3.63, 3.8) is 0 Å². The smallest absolute Gasteiger partial charge is 0.264 e. The van der Waals surface area contributed by atoms with Gasteiger partial charge in [0.05, 0.1) is 23.4 Å². The Labute approximate surface area is 169 Å². The van der Waals surface area contributed by atoms with Gasteiger partial charge in [-0.25, -0.2) is 0 Å². The molecule has 1 aromatic heterocycles. The van der Waals surface area contributed by atoms with Crippen molar-refractivity contribution in [3.05, 3.63) is 52.7 Å². The second-order valence-electron chi connectivity index (χ2n) is 6.71. The number of nitrogens with zero attached hydrogens (tertiary/aromatic N) is 4. The lowest BCUT2D eigenvalue weighted by molar-refractivity contribution is -0.123. The summed E-state index contributed by atoms with van der Waals surface area (Å²) in [4.78, 5) is 32.1. The second kappa shape index (κ2) is 9.49. The summed E-state index contributed by atoms with van der Waals surface area (Å²) in [6, 6.07) is 15.0. The molecule has 1 aromatic carbocycles. The zero-order chi connectivity index (χ0) is 19.9. The van der Waals surface area contributed by atoms with E-state index in [4.69, 9.17) is 5.26 Å². The number of benzene rings is 1. The molecule has 1 fully saturated rings. The highest BCUT2D eigenvalue weighted by atomic mass is 32.1.